The number of halogens is 1. The van der Waals surface area contributed by atoms with E-state index in [9.17, 15) is 13.7 Å². The van der Waals surface area contributed by atoms with Crippen LogP contribution in [-0.4, -0.2) is 23.9 Å². The first-order chi connectivity index (χ1) is 12.9. The van der Waals surface area contributed by atoms with Crippen molar-refractivity contribution >= 4 is 32.7 Å². The minimum absolute atomic E-state index is 0.0295. The van der Waals surface area contributed by atoms with Gasteiger partial charge in [0.05, 0.1) is 10.2 Å². The molecule has 0 N–H and O–H groups in total. The van der Waals surface area contributed by atoms with Crippen LogP contribution in [0.15, 0.2) is 51.6 Å². The van der Waals surface area contributed by atoms with Crippen LogP contribution in [0.4, 0.5) is 4.39 Å². The van der Waals surface area contributed by atoms with Gasteiger partial charge in [-0.2, -0.15) is 14.8 Å². The predicted molar refractivity (Wildman–Crippen MR) is 103 cm³/mol. The molecule has 0 aliphatic rings. The summed E-state index contributed by atoms with van der Waals surface area (Å²) in [6.07, 6.45) is 0. The molecule has 27 heavy (non-hydrogen) atoms. The molecule has 4 rings (SSSR count). The molecule has 0 radical (unpaired) electrons. The Bertz CT molecular complexity index is 1180. The number of nitrogens with zero attached hydrogens (tertiary/aromatic N) is 4. The maximum atomic E-state index is 14.6. The lowest BCUT2D eigenvalue weighted by Crippen LogP contribution is -2.22. The van der Waals surface area contributed by atoms with Crippen LogP contribution in [0.3, 0.4) is 0 Å². The van der Waals surface area contributed by atoms with Crippen molar-refractivity contribution in [3.8, 4) is 5.69 Å². The molecule has 4 aromatic rings. The van der Waals surface area contributed by atoms with Crippen molar-refractivity contribution in [1.29, 1.82) is 0 Å². The minimum Gasteiger partial charge on any atom is -0.609 e. The van der Waals surface area contributed by atoms with E-state index in [1.165, 1.54) is 28.0 Å². The van der Waals surface area contributed by atoms with Crippen LogP contribution in [0, 0.1) is 12.7 Å². The van der Waals surface area contributed by atoms with Crippen LogP contribution < -0.4 is 5.69 Å². The largest absolute Gasteiger partial charge is 0.609 e. The molecule has 0 spiro atoms. The second-order valence-electron chi connectivity index (χ2n) is 6.03. The van der Waals surface area contributed by atoms with Crippen LogP contribution in [-0.2, 0) is 24.0 Å². The highest BCUT2D eigenvalue weighted by Crippen LogP contribution is 2.30. The monoisotopic (exact) mass is 402 g/mol. The van der Waals surface area contributed by atoms with E-state index in [1.807, 2.05) is 30.3 Å². The van der Waals surface area contributed by atoms with E-state index in [0.29, 0.717) is 26.1 Å². The Hall–Kier alpha value is -2.49. The Kier molecular flexibility index (Phi) is 4.58. The molecule has 0 saturated carbocycles. The van der Waals surface area contributed by atoms with Gasteiger partial charge in [-0.3, -0.25) is 4.57 Å². The van der Waals surface area contributed by atoms with Gasteiger partial charge in [-0.15, -0.1) is 0 Å². The lowest BCUT2D eigenvalue weighted by Gasteiger charge is -2.06. The topological polar surface area (TPSA) is 75.8 Å². The lowest BCUT2D eigenvalue weighted by atomic mass is 10.2. The average Bonchev–Trinajstić information content (AvgIpc) is 3.18. The number of aryl methyl sites for hydroxylation is 1. The fourth-order valence-electron chi connectivity index (χ4n) is 2.66. The third-order valence-electron chi connectivity index (χ3n) is 4.20. The predicted octanol–water partition coefficient (Wildman–Crippen LogP) is 2.94. The summed E-state index contributed by atoms with van der Waals surface area (Å²) in [6.45, 7) is 1.67. The first-order valence-electron chi connectivity index (χ1n) is 8.09. The third kappa shape index (κ3) is 3.29. The number of rotatable bonds is 4. The van der Waals surface area contributed by atoms with Gasteiger partial charge in [0.15, 0.2) is 5.82 Å². The fourth-order valence-corrected chi connectivity index (χ4v) is 5.00. The van der Waals surface area contributed by atoms with Gasteiger partial charge in [-0.1, -0.05) is 41.7 Å². The van der Waals surface area contributed by atoms with Gasteiger partial charge in [-0.05, 0) is 19.1 Å². The van der Waals surface area contributed by atoms with Gasteiger partial charge in [0, 0.05) is 23.8 Å². The molecule has 2 heterocycles. The summed E-state index contributed by atoms with van der Waals surface area (Å²) in [4.78, 5) is 16.6. The highest BCUT2D eigenvalue weighted by atomic mass is 32.2. The van der Waals surface area contributed by atoms with E-state index in [-0.39, 0.29) is 5.69 Å². The standard InChI is InChI=1S/C18H15FN4O2S2/c1-11-21-23(18(24)22(11)2)15-9-14-16(8-13(15)19)26-17(20-14)27(25)10-12-6-4-3-5-7-12/h3-9H,10H2,1-2H3. The van der Waals surface area contributed by atoms with Gasteiger partial charge in [0.1, 0.15) is 17.3 Å². The Morgan fingerprint density at radius 3 is 2.67 bits per heavy atom. The molecule has 0 aliphatic heterocycles. The highest BCUT2D eigenvalue weighted by Gasteiger charge is 2.21. The van der Waals surface area contributed by atoms with Crippen LogP contribution in [0.5, 0.6) is 0 Å². The first-order valence-corrected chi connectivity index (χ1v) is 10.2. The number of hydrogen-bond acceptors (Lipinski definition) is 5. The van der Waals surface area contributed by atoms with Crippen LogP contribution in [0.2, 0.25) is 0 Å². The van der Waals surface area contributed by atoms with Crippen molar-refractivity contribution in [3.63, 3.8) is 0 Å². The van der Waals surface area contributed by atoms with Crippen molar-refractivity contribution in [1.82, 2.24) is 19.3 Å². The summed E-state index contributed by atoms with van der Waals surface area (Å²) in [5.74, 6) is 0.240. The zero-order valence-corrected chi connectivity index (χ0v) is 16.2. The molecule has 1 atom stereocenters. The van der Waals surface area contributed by atoms with E-state index in [1.54, 1.807) is 14.0 Å². The molecule has 2 aromatic heterocycles. The third-order valence-corrected chi connectivity index (χ3v) is 6.90. The molecule has 0 saturated heterocycles. The molecular formula is C18H15FN4O2S2. The maximum absolute atomic E-state index is 14.6. The fraction of sp³-hybridized carbons (Fsp3) is 0.167. The first kappa shape index (κ1) is 17.9. The Morgan fingerprint density at radius 2 is 2.00 bits per heavy atom. The van der Waals surface area contributed by atoms with E-state index in [4.69, 9.17) is 0 Å². The summed E-state index contributed by atoms with van der Waals surface area (Å²) in [5.41, 5.74) is 1.02. The quantitative estimate of drug-likeness (QED) is 0.492. The number of fused-ring (bicyclic) bond motifs is 1. The van der Waals surface area contributed by atoms with Crippen molar-refractivity contribution in [3.05, 3.63) is 70.2 Å². The molecule has 0 amide bonds. The zero-order chi connectivity index (χ0) is 19.1. The lowest BCUT2D eigenvalue weighted by molar-refractivity contribution is 0.593. The van der Waals surface area contributed by atoms with Crippen molar-refractivity contribution in [2.24, 2.45) is 7.05 Å². The number of hydrogen-bond donors (Lipinski definition) is 0. The highest BCUT2D eigenvalue weighted by molar-refractivity contribution is 7.92. The molecule has 0 bridgehead atoms. The van der Waals surface area contributed by atoms with Crippen molar-refractivity contribution < 1.29 is 8.94 Å². The molecule has 1 unspecified atom stereocenters. The summed E-state index contributed by atoms with van der Waals surface area (Å²) in [5, 5.41) is 4.09. The Balaban J connectivity index is 1.73. The molecule has 9 heteroatoms. The second-order valence-corrected chi connectivity index (χ2v) is 8.68. The van der Waals surface area contributed by atoms with E-state index < -0.39 is 22.7 Å². The molecule has 6 nitrogen and oxygen atoms in total. The Labute approximate surface area is 161 Å². The smallest absolute Gasteiger partial charge is 0.350 e. The summed E-state index contributed by atoms with van der Waals surface area (Å²) in [6, 6.07) is 12.3. The van der Waals surface area contributed by atoms with Gasteiger partial charge in [-0.25, -0.2) is 9.18 Å². The minimum atomic E-state index is -1.33. The Morgan fingerprint density at radius 1 is 1.26 bits per heavy atom. The normalized spacial score (nSPS) is 12.6. The van der Waals surface area contributed by atoms with Gasteiger partial charge in [0.25, 0.3) is 0 Å². The van der Waals surface area contributed by atoms with E-state index >= 15 is 0 Å². The van der Waals surface area contributed by atoms with Gasteiger partial charge < -0.3 is 4.55 Å². The summed E-state index contributed by atoms with van der Waals surface area (Å²) >= 11 is -0.141. The van der Waals surface area contributed by atoms with Crippen molar-refractivity contribution in [2.75, 3.05) is 0 Å². The van der Waals surface area contributed by atoms with Gasteiger partial charge >= 0.3 is 10.0 Å². The maximum Gasteiger partial charge on any atom is 0.350 e. The molecular weight excluding hydrogens is 387 g/mol. The number of aromatic nitrogens is 4. The summed E-state index contributed by atoms with van der Waals surface area (Å²) in [7, 11) is 1.57. The molecule has 0 fully saturated rings. The van der Waals surface area contributed by atoms with Crippen molar-refractivity contribution in [2.45, 2.75) is 17.0 Å². The number of thiazole rings is 1. The van der Waals surface area contributed by atoms with Gasteiger partial charge in [0.2, 0.25) is 0 Å². The molecule has 2 aromatic carbocycles. The van der Waals surface area contributed by atoms with Crippen LogP contribution in [0.25, 0.3) is 15.9 Å². The summed E-state index contributed by atoms with van der Waals surface area (Å²) < 4.78 is 30.6. The SMILES string of the molecule is Cc1nn(-c2cc3nc([S+]([O-])Cc4ccccc4)sc3cc2F)c(=O)n1C. The zero-order valence-electron chi connectivity index (χ0n) is 14.5. The van der Waals surface area contributed by atoms with E-state index in [0.717, 1.165) is 10.2 Å². The second kappa shape index (κ2) is 6.91. The van der Waals surface area contributed by atoms with E-state index in [2.05, 4.69) is 10.1 Å². The molecule has 0 aliphatic carbocycles. The molecule has 138 valence electrons. The van der Waals surface area contributed by atoms with Crippen LogP contribution in [0.1, 0.15) is 11.4 Å². The van der Waals surface area contributed by atoms with Crippen LogP contribution >= 0.6 is 11.3 Å². The average molecular weight is 402 g/mol. The number of benzene rings is 2.